The molecule has 1 aromatic carbocycles. The maximum Gasteiger partial charge on any atom is 0.451 e. The maximum absolute atomic E-state index is 13.0. The van der Waals surface area contributed by atoms with Gasteiger partial charge in [-0.15, -0.1) is 0 Å². The Labute approximate surface area is 127 Å². The smallest absolute Gasteiger partial charge is 0.290 e. The van der Waals surface area contributed by atoms with Crippen LogP contribution in [-0.4, -0.2) is 28.4 Å². The number of nitrogens with zero attached hydrogens (tertiary/aromatic N) is 3. The highest BCUT2D eigenvalue weighted by Crippen LogP contribution is 2.24. The van der Waals surface area contributed by atoms with Crippen LogP contribution in [0.15, 0.2) is 58.6 Å². The van der Waals surface area contributed by atoms with E-state index in [1.165, 1.54) is 0 Å². The fourth-order valence-electron chi connectivity index (χ4n) is 1.57. The van der Waals surface area contributed by atoms with E-state index in [-0.39, 0.29) is 22.9 Å². The maximum atomic E-state index is 13.0. The molecule has 0 saturated carbocycles. The average molecular weight is 323 g/mol. The monoisotopic (exact) mass is 323 g/mol. The lowest BCUT2D eigenvalue weighted by atomic mass is 10.1. The lowest BCUT2D eigenvalue weighted by Crippen LogP contribution is -2.22. The molecule has 0 saturated heterocycles. The lowest BCUT2D eigenvalue weighted by Gasteiger charge is -2.07. The number of nitro benzene ring substituents is 1. The van der Waals surface area contributed by atoms with Gasteiger partial charge in [-0.1, -0.05) is 0 Å². The Morgan fingerprint density at radius 3 is 2.09 bits per heavy atom. The van der Waals surface area contributed by atoms with Gasteiger partial charge in [0.05, 0.1) is 16.3 Å². The van der Waals surface area contributed by atoms with E-state index < -0.39 is 16.9 Å². The van der Waals surface area contributed by atoms with Crippen LogP contribution in [0.1, 0.15) is 0 Å². The second-order valence-electron chi connectivity index (χ2n) is 4.31. The van der Waals surface area contributed by atoms with Crippen LogP contribution in [0.25, 0.3) is 0 Å². The molecule has 0 heterocycles. The predicted molar refractivity (Wildman–Crippen MR) is 77.0 cm³/mol. The molecule has 118 valence electrons. The predicted octanol–water partition coefficient (Wildman–Crippen LogP) is 3.32. The van der Waals surface area contributed by atoms with Gasteiger partial charge in [-0.2, -0.15) is 13.2 Å². The van der Waals surface area contributed by atoms with E-state index in [4.69, 9.17) is 0 Å². The number of benzene rings is 1. The molecule has 0 radical (unpaired) electrons. The average Bonchev–Trinajstić information content (AvgIpc) is 2.48. The van der Waals surface area contributed by atoms with E-state index in [2.05, 4.69) is 9.98 Å². The Balaban J connectivity index is 2.37. The summed E-state index contributed by atoms with van der Waals surface area (Å²) in [6, 6.07) is 4.25. The Bertz CT molecular complexity index is 742. The molecule has 2 rings (SSSR count). The Morgan fingerprint density at radius 1 is 1.04 bits per heavy atom. The van der Waals surface area contributed by atoms with Crippen molar-refractivity contribution < 1.29 is 22.9 Å². The minimum atomic E-state index is -4.82. The highest BCUT2D eigenvalue weighted by molar-refractivity contribution is 6.19. The first-order chi connectivity index (χ1) is 10.8. The zero-order valence-electron chi connectivity index (χ0n) is 11.3. The zero-order chi connectivity index (χ0) is 17.0. The first kappa shape index (κ1) is 16.3. The summed E-state index contributed by atoms with van der Waals surface area (Å²) in [6.07, 6.45) is -0.381. The third kappa shape index (κ3) is 4.43. The van der Waals surface area contributed by atoms with E-state index in [0.29, 0.717) is 0 Å². The van der Waals surface area contributed by atoms with E-state index in [0.717, 1.165) is 48.6 Å². The second-order valence-corrected chi connectivity index (χ2v) is 4.31. The quantitative estimate of drug-likeness (QED) is 0.275. The molecule has 1 aliphatic rings. The minimum Gasteiger partial charge on any atom is -0.290 e. The molecule has 0 unspecified atom stereocenters. The van der Waals surface area contributed by atoms with Crippen LogP contribution in [0.5, 0.6) is 0 Å². The number of nitro groups is 1. The van der Waals surface area contributed by atoms with E-state index in [1.54, 1.807) is 0 Å². The van der Waals surface area contributed by atoms with Gasteiger partial charge < -0.3 is 0 Å². The first-order valence-corrected chi connectivity index (χ1v) is 6.15. The first-order valence-electron chi connectivity index (χ1n) is 6.15. The molecule has 0 N–H and O–H groups in total. The number of carbonyl (C=O) groups is 1. The number of amidine groups is 1. The Kier molecular flexibility index (Phi) is 4.49. The normalized spacial score (nSPS) is 15.0. The van der Waals surface area contributed by atoms with Gasteiger partial charge in [-0.05, 0) is 36.4 Å². The molecule has 0 aromatic heterocycles. The molecule has 0 fully saturated rings. The van der Waals surface area contributed by atoms with Crippen LogP contribution in [-0.2, 0) is 4.79 Å². The van der Waals surface area contributed by atoms with Gasteiger partial charge in [-0.3, -0.25) is 14.9 Å². The Morgan fingerprint density at radius 2 is 1.61 bits per heavy atom. The molecule has 0 amide bonds. The van der Waals surface area contributed by atoms with Gasteiger partial charge in [0.25, 0.3) is 5.69 Å². The Hall–Kier alpha value is -3.10. The van der Waals surface area contributed by atoms with Crippen molar-refractivity contribution in [1.82, 2.24) is 0 Å². The van der Waals surface area contributed by atoms with Crippen molar-refractivity contribution in [3.8, 4) is 0 Å². The van der Waals surface area contributed by atoms with E-state index in [9.17, 15) is 28.1 Å². The molecule has 0 bridgehead atoms. The zero-order valence-corrected chi connectivity index (χ0v) is 11.3. The summed E-state index contributed by atoms with van der Waals surface area (Å²) in [7, 11) is 0. The number of alkyl halides is 3. The van der Waals surface area contributed by atoms with E-state index >= 15 is 0 Å². The molecule has 23 heavy (non-hydrogen) atoms. The minimum absolute atomic E-state index is 0.0809. The number of carbonyl (C=O) groups excluding carboxylic acids is 1. The number of non-ortho nitro benzene ring substituents is 1. The number of hydrogen-bond donors (Lipinski definition) is 0. The highest BCUT2D eigenvalue weighted by atomic mass is 19.4. The third-order valence-corrected chi connectivity index (χ3v) is 2.62. The van der Waals surface area contributed by atoms with Crippen molar-refractivity contribution in [3.63, 3.8) is 0 Å². The third-order valence-electron chi connectivity index (χ3n) is 2.62. The van der Waals surface area contributed by atoms with Crippen LogP contribution in [0, 0.1) is 10.1 Å². The molecular formula is C14H8F3N3O3. The number of aliphatic imine (C=N–C) groups is 2. The van der Waals surface area contributed by atoms with Crippen molar-refractivity contribution >= 4 is 28.7 Å². The van der Waals surface area contributed by atoms with Crippen LogP contribution < -0.4 is 0 Å². The number of allylic oxidation sites excluding steroid dienone is 4. The second kappa shape index (κ2) is 6.34. The summed E-state index contributed by atoms with van der Waals surface area (Å²) in [5.41, 5.74) is -0.477. The van der Waals surface area contributed by atoms with Crippen LogP contribution in [0.3, 0.4) is 0 Å². The van der Waals surface area contributed by atoms with Crippen molar-refractivity contribution in [3.05, 3.63) is 58.7 Å². The van der Waals surface area contributed by atoms with Gasteiger partial charge in [0.15, 0.2) is 5.78 Å². The summed E-state index contributed by atoms with van der Waals surface area (Å²) in [5.74, 6) is -1.78. The van der Waals surface area contributed by atoms with Crippen LogP contribution in [0.2, 0.25) is 0 Å². The molecular weight excluding hydrogens is 315 g/mol. The topological polar surface area (TPSA) is 84.9 Å². The van der Waals surface area contributed by atoms with Gasteiger partial charge in [-0.25, -0.2) is 9.98 Å². The summed E-state index contributed by atoms with van der Waals surface area (Å²) in [5, 5.41) is 10.5. The summed E-state index contributed by atoms with van der Waals surface area (Å²) in [6.45, 7) is 0. The van der Waals surface area contributed by atoms with Crippen molar-refractivity contribution in [1.29, 1.82) is 0 Å². The number of rotatable bonds is 2. The number of ketones is 1. The molecule has 0 aliphatic heterocycles. The van der Waals surface area contributed by atoms with Crippen molar-refractivity contribution in [2.75, 3.05) is 0 Å². The molecule has 1 aliphatic carbocycles. The SMILES string of the molecule is O=C1C=CC(=NC(=Nc2ccc([N+](=O)[O-])cc2)C(F)(F)F)C=C1. The lowest BCUT2D eigenvalue weighted by molar-refractivity contribution is -0.384. The van der Waals surface area contributed by atoms with Crippen LogP contribution >= 0.6 is 0 Å². The van der Waals surface area contributed by atoms with Gasteiger partial charge in [0.2, 0.25) is 5.84 Å². The van der Waals surface area contributed by atoms with Gasteiger partial charge in [0.1, 0.15) is 0 Å². The summed E-state index contributed by atoms with van der Waals surface area (Å²) < 4.78 is 39.0. The summed E-state index contributed by atoms with van der Waals surface area (Å²) in [4.78, 5) is 27.5. The fourth-order valence-corrected chi connectivity index (χ4v) is 1.57. The molecule has 1 aromatic rings. The molecule has 0 atom stereocenters. The number of halogens is 3. The number of hydrogen-bond acceptors (Lipinski definition) is 4. The summed E-state index contributed by atoms with van der Waals surface area (Å²) >= 11 is 0. The molecule has 9 heteroatoms. The molecule has 0 spiro atoms. The van der Waals surface area contributed by atoms with E-state index in [1.807, 2.05) is 0 Å². The fraction of sp³-hybridized carbons (Fsp3) is 0.0714. The van der Waals surface area contributed by atoms with Crippen LogP contribution in [0.4, 0.5) is 24.5 Å². The largest absolute Gasteiger partial charge is 0.451 e. The van der Waals surface area contributed by atoms with Gasteiger partial charge in [0, 0.05) is 12.1 Å². The van der Waals surface area contributed by atoms with Gasteiger partial charge >= 0.3 is 6.18 Å². The van der Waals surface area contributed by atoms with Crippen molar-refractivity contribution in [2.24, 2.45) is 9.98 Å². The molecule has 6 nitrogen and oxygen atoms in total. The standard InChI is InChI=1S/C14H8F3N3O3/c15-14(16,17)13(19-10-3-7-12(21)8-4-10)18-9-1-5-11(6-2-9)20(22)23/h1-8H. The highest BCUT2D eigenvalue weighted by Gasteiger charge is 2.36. The van der Waals surface area contributed by atoms with Crippen molar-refractivity contribution in [2.45, 2.75) is 6.18 Å².